The summed E-state index contributed by atoms with van der Waals surface area (Å²) in [5.74, 6) is 1.92. The first-order chi connectivity index (χ1) is 24.3. The number of para-hydroxylation sites is 1. The molecule has 3 heterocycles. The summed E-state index contributed by atoms with van der Waals surface area (Å²) < 4.78 is 2.33. The van der Waals surface area contributed by atoms with Crippen LogP contribution in [0.2, 0.25) is 0 Å². The first-order valence-electron chi connectivity index (χ1n) is 16.3. The highest BCUT2D eigenvalue weighted by Crippen LogP contribution is 2.36. The van der Waals surface area contributed by atoms with Gasteiger partial charge in [-0.15, -0.1) is 0 Å². The van der Waals surface area contributed by atoms with Gasteiger partial charge in [0.15, 0.2) is 17.5 Å². The number of hydrogen-bond acceptors (Lipinski definition) is 4. The van der Waals surface area contributed by atoms with E-state index in [1.54, 1.807) is 0 Å². The van der Waals surface area contributed by atoms with Crippen LogP contribution in [0.25, 0.3) is 84.0 Å². The zero-order chi connectivity index (χ0) is 32.6. The molecule has 5 nitrogen and oxygen atoms in total. The average molecular weight is 628 g/mol. The van der Waals surface area contributed by atoms with Crippen molar-refractivity contribution < 1.29 is 0 Å². The summed E-state index contributed by atoms with van der Waals surface area (Å²) in [7, 11) is 0. The molecule has 9 rings (SSSR count). The quantitative estimate of drug-likeness (QED) is 0.184. The first kappa shape index (κ1) is 28.5. The van der Waals surface area contributed by atoms with E-state index < -0.39 is 0 Å². The number of benzene rings is 6. The Kier molecular flexibility index (Phi) is 7.06. The SMILES string of the molecule is c1ccc(-c2nc(-c3ccccc3)nc(-c3cccc(-n4c5ccccc5c5cc(-c6ccc(-c7ccccn7)cc6)ccc54)c3)n2)cc1. The summed E-state index contributed by atoms with van der Waals surface area (Å²) in [5, 5.41) is 2.40. The van der Waals surface area contributed by atoms with Crippen LogP contribution in [0, 0.1) is 0 Å². The van der Waals surface area contributed by atoms with Gasteiger partial charge in [0, 0.05) is 44.9 Å². The minimum absolute atomic E-state index is 0.631. The van der Waals surface area contributed by atoms with E-state index in [4.69, 9.17) is 15.0 Å². The van der Waals surface area contributed by atoms with Crippen LogP contribution >= 0.6 is 0 Å². The summed E-state index contributed by atoms with van der Waals surface area (Å²) in [6.07, 6.45) is 1.83. The lowest BCUT2D eigenvalue weighted by Crippen LogP contribution is -2.01. The summed E-state index contributed by atoms with van der Waals surface area (Å²) in [4.78, 5) is 19.3. The van der Waals surface area contributed by atoms with Crippen molar-refractivity contribution >= 4 is 21.8 Å². The van der Waals surface area contributed by atoms with Gasteiger partial charge in [-0.1, -0.05) is 127 Å². The summed E-state index contributed by atoms with van der Waals surface area (Å²) in [6, 6.07) is 58.6. The summed E-state index contributed by atoms with van der Waals surface area (Å²) >= 11 is 0. The Morgan fingerprint density at radius 3 is 1.61 bits per heavy atom. The molecule has 0 aliphatic rings. The van der Waals surface area contributed by atoms with Gasteiger partial charge in [-0.25, -0.2) is 15.0 Å². The van der Waals surface area contributed by atoms with Crippen LogP contribution in [0.1, 0.15) is 0 Å². The third-order valence-corrected chi connectivity index (χ3v) is 8.91. The molecule has 230 valence electrons. The largest absolute Gasteiger partial charge is 0.309 e. The van der Waals surface area contributed by atoms with Gasteiger partial charge < -0.3 is 4.57 Å². The predicted octanol–water partition coefficient (Wildman–Crippen LogP) is 10.7. The van der Waals surface area contributed by atoms with Crippen LogP contribution in [0.15, 0.2) is 176 Å². The Balaban J connectivity index is 1.16. The Morgan fingerprint density at radius 2 is 0.918 bits per heavy atom. The van der Waals surface area contributed by atoms with E-state index in [-0.39, 0.29) is 0 Å². The highest BCUT2D eigenvalue weighted by molar-refractivity contribution is 6.10. The van der Waals surface area contributed by atoms with Crippen LogP contribution in [0.5, 0.6) is 0 Å². The number of pyridine rings is 1. The van der Waals surface area contributed by atoms with E-state index in [0.717, 1.165) is 44.7 Å². The van der Waals surface area contributed by atoms with Crippen LogP contribution in [-0.2, 0) is 0 Å². The van der Waals surface area contributed by atoms with Crippen molar-refractivity contribution in [2.45, 2.75) is 0 Å². The number of nitrogens with zero attached hydrogens (tertiary/aromatic N) is 5. The van der Waals surface area contributed by atoms with Crippen LogP contribution in [0.3, 0.4) is 0 Å². The molecule has 49 heavy (non-hydrogen) atoms. The second-order valence-corrected chi connectivity index (χ2v) is 12.0. The second-order valence-electron chi connectivity index (χ2n) is 12.0. The van der Waals surface area contributed by atoms with Crippen molar-refractivity contribution in [3.05, 3.63) is 176 Å². The van der Waals surface area contributed by atoms with E-state index in [1.165, 1.54) is 21.9 Å². The fourth-order valence-corrected chi connectivity index (χ4v) is 6.52. The Morgan fingerprint density at radius 1 is 0.347 bits per heavy atom. The smallest absolute Gasteiger partial charge is 0.164 e. The van der Waals surface area contributed by atoms with E-state index in [0.29, 0.717) is 17.5 Å². The molecule has 0 amide bonds. The molecule has 0 fully saturated rings. The molecular weight excluding hydrogens is 599 g/mol. The van der Waals surface area contributed by atoms with Crippen molar-refractivity contribution in [1.82, 2.24) is 24.5 Å². The molecule has 0 unspecified atom stereocenters. The molecule has 0 aliphatic heterocycles. The van der Waals surface area contributed by atoms with Crippen molar-refractivity contribution in [1.29, 1.82) is 0 Å². The van der Waals surface area contributed by atoms with Gasteiger partial charge in [0.1, 0.15) is 0 Å². The van der Waals surface area contributed by atoms with Crippen molar-refractivity contribution in [3.8, 4) is 62.2 Å². The topological polar surface area (TPSA) is 56.5 Å². The Hall–Kier alpha value is -6.72. The lowest BCUT2D eigenvalue weighted by atomic mass is 10.0. The molecule has 0 bridgehead atoms. The molecular formula is C44H29N5. The normalized spacial score (nSPS) is 11.3. The van der Waals surface area contributed by atoms with Gasteiger partial charge in [-0.3, -0.25) is 4.98 Å². The molecule has 0 aliphatic carbocycles. The van der Waals surface area contributed by atoms with Gasteiger partial charge in [-0.2, -0.15) is 0 Å². The molecule has 0 radical (unpaired) electrons. The molecule has 0 atom stereocenters. The van der Waals surface area contributed by atoms with Crippen LogP contribution in [0.4, 0.5) is 0 Å². The second kappa shape index (κ2) is 12.1. The molecule has 3 aromatic heterocycles. The Bertz CT molecular complexity index is 2520. The van der Waals surface area contributed by atoms with E-state index >= 15 is 0 Å². The minimum atomic E-state index is 0.631. The number of rotatable bonds is 6. The van der Waals surface area contributed by atoms with Gasteiger partial charge in [0.05, 0.1) is 16.7 Å². The first-order valence-corrected chi connectivity index (χ1v) is 16.3. The standard InChI is InChI=1S/C44H29N5/c1-3-12-32(13-4-1)42-46-43(33-14-5-2-6-15-33)48-44(47-42)35-16-11-17-36(28-35)49-40-20-8-7-18-37(40)38-29-34(25-26-41(38)49)30-21-23-31(24-22-30)39-19-9-10-27-45-39/h1-29H. The van der Waals surface area contributed by atoms with E-state index in [1.807, 2.05) is 85.1 Å². The predicted molar refractivity (Wildman–Crippen MR) is 199 cm³/mol. The number of fused-ring (bicyclic) bond motifs is 3. The van der Waals surface area contributed by atoms with Crippen LogP contribution < -0.4 is 0 Å². The Labute approximate surface area is 283 Å². The van der Waals surface area contributed by atoms with Gasteiger partial charge in [0.25, 0.3) is 0 Å². The molecule has 0 saturated carbocycles. The van der Waals surface area contributed by atoms with Crippen molar-refractivity contribution in [2.24, 2.45) is 0 Å². The lowest BCUT2D eigenvalue weighted by molar-refractivity contribution is 1.07. The zero-order valence-corrected chi connectivity index (χ0v) is 26.5. The summed E-state index contributed by atoms with van der Waals surface area (Å²) in [5.41, 5.74) is 10.5. The number of hydrogen-bond donors (Lipinski definition) is 0. The highest BCUT2D eigenvalue weighted by Gasteiger charge is 2.16. The molecule has 0 spiro atoms. The summed E-state index contributed by atoms with van der Waals surface area (Å²) in [6.45, 7) is 0. The lowest BCUT2D eigenvalue weighted by Gasteiger charge is -2.12. The fraction of sp³-hybridized carbons (Fsp3) is 0. The highest BCUT2D eigenvalue weighted by atomic mass is 15.0. The minimum Gasteiger partial charge on any atom is -0.309 e. The maximum Gasteiger partial charge on any atom is 0.164 e. The third kappa shape index (κ3) is 5.33. The zero-order valence-electron chi connectivity index (χ0n) is 26.5. The van der Waals surface area contributed by atoms with E-state index in [2.05, 4.69) is 101 Å². The molecule has 0 saturated heterocycles. The van der Waals surface area contributed by atoms with Crippen molar-refractivity contribution in [3.63, 3.8) is 0 Å². The maximum absolute atomic E-state index is 4.98. The monoisotopic (exact) mass is 627 g/mol. The molecule has 0 N–H and O–H groups in total. The van der Waals surface area contributed by atoms with Crippen LogP contribution in [-0.4, -0.2) is 24.5 Å². The van der Waals surface area contributed by atoms with Crippen molar-refractivity contribution in [2.75, 3.05) is 0 Å². The maximum atomic E-state index is 4.98. The van der Waals surface area contributed by atoms with Gasteiger partial charge in [0.2, 0.25) is 0 Å². The van der Waals surface area contributed by atoms with Gasteiger partial charge in [-0.05, 0) is 53.6 Å². The number of aromatic nitrogens is 5. The fourth-order valence-electron chi connectivity index (χ4n) is 6.52. The molecule has 9 aromatic rings. The van der Waals surface area contributed by atoms with E-state index in [9.17, 15) is 0 Å². The third-order valence-electron chi connectivity index (χ3n) is 8.91. The van der Waals surface area contributed by atoms with Gasteiger partial charge >= 0.3 is 0 Å². The average Bonchev–Trinajstić information content (AvgIpc) is 3.52. The molecule has 6 aromatic carbocycles. The molecule has 5 heteroatoms.